The van der Waals surface area contributed by atoms with Crippen molar-refractivity contribution in [3.63, 3.8) is 0 Å². The largest absolute Gasteiger partial charge is 0.329 e. The van der Waals surface area contributed by atoms with Gasteiger partial charge in [-0.25, -0.2) is 0 Å². The average molecular weight is 278 g/mol. The zero-order chi connectivity index (χ0) is 14.9. The molecular weight excluding hydrogens is 252 g/mol. The van der Waals surface area contributed by atoms with E-state index in [1.807, 2.05) is 16.7 Å². The number of amides is 2. The van der Waals surface area contributed by atoms with Gasteiger partial charge in [-0.3, -0.25) is 9.59 Å². The second-order valence-electron chi connectivity index (χ2n) is 7.81. The maximum absolute atomic E-state index is 12.9. The number of piperazine rings is 1. The standard InChI is InChI=1S/C16H26N2O2/c1-10-12(19)17-9-7-6-8-11(17)13(20)18(10)14-15(2,3)16(14,4)5/h10-11,14H,6-9H2,1-5H3. The molecule has 2 atom stereocenters. The van der Waals surface area contributed by atoms with Gasteiger partial charge in [0.15, 0.2) is 0 Å². The van der Waals surface area contributed by atoms with E-state index < -0.39 is 0 Å². The lowest BCUT2D eigenvalue weighted by Gasteiger charge is -2.47. The molecule has 2 aliphatic heterocycles. The van der Waals surface area contributed by atoms with E-state index in [4.69, 9.17) is 0 Å². The van der Waals surface area contributed by atoms with E-state index in [0.29, 0.717) is 0 Å². The van der Waals surface area contributed by atoms with Crippen LogP contribution in [0.4, 0.5) is 0 Å². The quantitative estimate of drug-likeness (QED) is 0.736. The normalized spacial score (nSPS) is 36.0. The Morgan fingerprint density at radius 1 is 1.00 bits per heavy atom. The molecule has 4 heteroatoms. The maximum Gasteiger partial charge on any atom is 0.246 e. The Bertz CT molecular complexity index is 455. The van der Waals surface area contributed by atoms with Crippen LogP contribution >= 0.6 is 0 Å². The molecule has 0 spiro atoms. The number of hydrogen-bond acceptors (Lipinski definition) is 2. The van der Waals surface area contributed by atoms with E-state index in [1.165, 1.54) is 0 Å². The zero-order valence-electron chi connectivity index (χ0n) is 13.3. The van der Waals surface area contributed by atoms with Gasteiger partial charge in [-0.05, 0) is 37.0 Å². The van der Waals surface area contributed by atoms with Crippen molar-refractivity contribution in [1.29, 1.82) is 0 Å². The van der Waals surface area contributed by atoms with Crippen LogP contribution in [0.1, 0.15) is 53.9 Å². The molecule has 2 unspecified atom stereocenters. The fourth-order valence-corrected chi connectivity index (χ4v) is 4.38. The molecule has 3 aliphatic rings. The number of hydrogen-bond donors (Lipinski definition) is 0. The Hall–Kier alpha value is -1.06. The van der Waals surface area contributed by atoms with Gasteiger partial charge in [0.1, 0.15) is 12.1 Å². The van der Waals surface area contributed by atoms with Crippen molar-refractivity contribution in [2.75, 3.05) is 6.54 Å². The van der Waals surface area contributed by atoms with E-state index in [1.54, 1.807) is 0 Å². The minimum Gasteiger partial charge on any atom is -0.329 e. The van der Waals surface area contributed by atoms with Gasteiger partial charge in [-0.1, -0.05) is 27.7 Å². The summed E-state index contributed by atoms with van der Waals surface area (Å²) in [6.07, 6.45) is 2.92. The molecule has 0 aromatic carbocycles. The lowest BCUT2D eigenvalue weighted by molar-refractivity contribution is -0.164. The van der Waals surface area contributed by atoms with Crippen LogP contribution in [-0.2, 0) is 9.59 Å². The van der Waals surface area contributed by atoms with Crippen molar-refractivity contribution >= 4 is 11.8 Å². The number of carbonyl (C=O) groups is 2. The van der Waals surface area contributed by atoms with Gasteiger partial charge in [0.05, 0.1) is 0 Å². The van der Waals surface area contributed by atoms with Crippen LogP contribution in [-0.4, -0.2) is 46.3 Å². The summed E-state index contributed by atoms with van der Waals surface area (Å²) < 4.78 is 0. The molecule has 0 bridgehead atoms. The molecule has 1 saturated carbocycles. The second-order valence-corrected chi connectivity index (χ2v) is 7.81. The second kappa shape index (κ2) is 3.99. The fourth-order valence-electron chi connectivity index (χ4n) is 4.38. The molecule has 3 rings (SSSR count). The predicted molar refractivity (Wildman–Crippen MR) is 77.0 cm³/mol. The van der Waals surface area contributed by atoms with Gasteiger partial charge in [0, 0.05) is 12.6 Å². The van der Waals surface area contributed by atoms with Gasteiger partial charge < -0.3 is 9.80 Å². The molecule has 2 heterocycles. The molecule has 0 aromatic rings. The summed E-state index contributed by atoms with van der Waals surface area (Å²) in [7, 11) is 0. The summed E-state index contributed by atoms with van der Waals surface area (Å²) in [4.78, 5) is 29.2. The highest BCUT2D eigenvalue weighted by molar-refractivity contribution is 5.97. The first-order valence-corrected chi connectivity index (χ1v) is 7.84. The Kier molecular flexibility index (Phi) is 2.77. The SMILES string of the molecule is CC1C(=O)N2CCCCC2C(=O)N1C1C(C)(C)C1(C)C. The summed E-state index contributed by atoms with van der Waals surface area (Å²) >= 11 is 0. The molecule has 0 N–H and O–H groups in total. The number of rotatable bonds is 1. The summed E-state index contributed by atoms with van der Waals surface area (Å²) in [5, 5.41) is 0. The minimum atomic E-state index is -0.303. The number of nitrogens with zero attached hydrogens (tertiary/aromatic N) is 2. The third kappa shape index (κ3) is 1.54. The summed E-state index contributed by atoms with van der Waals surface area (Å²) in [6.45, 7) is 11.5. The number of fused-ring (bicyclic) bond motifs is 1. The van der Waals surface area contributed by atoms with E-state index in [9.17, 15) is 9.59 Å². The first-order chi connectivity index (χ1) is 9.21. The topological polar surface area (TPSA) is 40.6 Å². The lowest BCUT2D eigenvalue weighted by atomic mass is 9.95. The molecule has 0 radical (unpaired) electrons. The monoisotopic (exact) mass is 278 g/mol. The van der Waals surface area contributed by atoms with Gasteiger partial charge >= 0.3 is 0 Å². The average Bonchev–Trinajstić information content (AvgIpc) is 2.79. The van der Waals surface area contributed by atoms with Crippen LogP contribution in [0.3, 0.4) is 0 Å². The highest BCUT2D eigenvalue weighted by Gasteiger charge is 2.70. The first kappa shape index (κ1) is 13.9. The molecule has 1 aliphatic carbocycles. The van der Waals surface area contributed by atoms with Crippen LogP contribution in [0.2, 0.25) is 0 Å². The Balaban J connectivity index is 1.92. The maximum atomic E-state index is 12.9. The van der Waals surface area contributed by atoms with E-state index >= 15 is 0 Å². The molecule has 3 fully saturated rings. The lowest BCUT2D eigenvalue weighted by Crippen LogP contribution is -2.66. The van der Waals surface area contributed by atoms with Gasteiger partial charge in [0.25, 0.3) is 0 Å². The van der Waals surface area contributed by atoms with Crippen molar-refractivity contribution in [2.24, 2.45) is 10.8 Å². The Morgan fingerprint density at radius 3 is 2.15 bits per heavy atom. The van der Waals surface area contributed by atoms with E-state index in [0.717, 1.165) is 25.8 Å². The van der Waals surface area contributed by atoms with Crippen molar-refractivity contribution in [1.82, 2.24) is 9.80 Å². The van der Waals surface area contributed by atoms with Crippen molar-refractivity contribution in [3.05, 3.63) is 0 Å². The molecule has 2 amide bonds. The molecule has 20 heavy (non-hydrogen) atoms. The third-order valence-corrected chi connectivity index (χ3v) is 6.32. The summed E-state index contributed by atoms with van der Waals surface area (Å²) in [5.74, 6) is 0.327. The third-order valence-electron chi connectivity index (χ3n) is 6.32. The number of carbonyl (C=O) groups excluding carboxylic acids is 2. The molecule has 4 nitrogen and oxygen atoms in total. The highest BCUT2D eigenvalue weighted by atomic mass is 16.2. The van der Waals surface area contributed by atoms with Gasteiger partial charge in [0.2, 0.25) is 11.8 Å². The number of piperidine rings is 1. The van der Waals surface area contributed by atoms with Crippen LogP contribution in [0, 0.1) is 10.8 Å². The van der Waals surface area contributed by atoms with Crippen LogP contribution in [0.5, 0.6) is 0 Å². The molecular formula is C16H26N2O2. The van der Waals surface area contributed by atoms with Crippen LogP contribution < -0.4 is 0 Å². The van der Waals surface area contributed by atoms with Crippen molar-refractivity contribution in [3.8, 4) is 0 Å². The van der Waals surface area contributed by atoms with Gasteiger partial charge in [-0.2, -0.15) is 0 Å². The smallest absolute Gasteiger partial charge is 0.246 e. The van der Waals surface area contributed by atoms with Crippen LogP contribution in [0.15, 0.2) is 0 Å². The van der Waals surface area contributed by atoms with E-state index in [2.05, 4.69) is 27.7 Å². The molecule has 0 aromatic heterocycles. The molecule has 2 saturated heterocycles. The molecule has 112 valence electrons. The van der Waals surface area contributed by atoms with Crippen LogP contribution in [0.25, 0.3) is 0 Å². The van der Waals surface area contributed by atoms with Gasteiger partial charge in [-0.15, -0.1) is 0 Å². The fraction of sp³-hybridized carbons (Fsp3) is 0.875. The highest BCUT2D eigenvalue weighted by Crippen LogP contribution is 2.66. The Labute approximate surface area is 121 Å². The minimum absolute atomic E-state index is 0.0913. The van der Waals surface area contributed by atoms with Crippen molar-refractivity contribution < 1.29 is 9.59 Å². The Morgan fingerprint density at radius 2 is 1.60 bits per heavy atom. The predicted octanol–water partition coefficient (Wildman–Crippen LogP) is 2.03. The summed E-state index contributed by atoms with van der Waals surface area (Å²) in [5.41, 5.74) is 0.183. The first-order valence-electron chi connectivity index (χ1n) is 7.84. The summed E-state index contributed by atoms with van der Waals surface area (Å²) in [6, 6.07) is -0.312. The van der Waals surface area contributed by atoms with E-state index in [-0.39, 0.29) is 40.8 Å². The zero-order valence-corrected chi connectivity index (χ0v) is 13.3. The van der Waals surface area contributed by atoms with Crippen molar-refractivity contribution in [2.45, 2.75) is 72.0 Å².